The third kappa shape index (κ3) is 3.10. The number of fused-ring (bicyclic) bond motifs is 6. The zero-order valence-electron chi connectivity index (χ0n) is 16.4. The number of imidazole rings is 1. The first-order chi connectivity index (χ1) is 14.7. The van der Waals surface area contributed by atoms with Gasteiger partial charge in [0.2, 0.25) is 11.9 Å². The van der Waals surface area contributed by atoms with E-state index in [1.54, 1.807) is 10.7 Å². The quantitative estimate of drug-likeness (QED) is 0.476. The first kappa shape index (κ1) is 18.1. The van der Waals surface area contributed by atoms with Gasteiger partial charge in [0.1, 0.15) is 5.82 Å². The van der Waals surface area contributed by atoms with E-state index >= 15 is 0 Å². The first-order valence-electron chi connectivity index (χ1n) is 10.3. The fraction of sp³-hybridized carbons (Fsp3) is 0.400. The molecule has 154 valence electrons. The topological polar surface area (TPSA) is 90.3 Å². The van der Waals surface area contributed by atoms with Gasteiger partial charge in [-0.1, -0.05) is 12.1 Å². The van der Waals surface area contributed by atoms with Crippen molar-refractivity contribution < 1.29 is 0 Å². The summed E-state index contributed by atoms with van der Waals surface area (Å²) < 4.78 is 2.61. The minimum atomic E-state index is 0.496. The predicted octanol–water partition coefficient (Wildman–Crippen LogP) is 2.66. The minimum absolute atomic E-state index is 0.496. The molecule has 0 atom stereocenters. The number of aromatic amines is 1. The Kier molecular flexibility index (Phi) is 4.34. The average Bonchev–Trinajstić information content (AvgIpc) is 3.23. The van der Waals surface area contributed by atoms with Crippen LogP contribution in [-0.4, -0.2) is 66.7 Å². The van der Waals surface area contributed by atoms with Crippen molar-refractivity contribution in [1.29, 1.82) is 0 Å². The van der Waals surface area contributed by atoms with E-state index in [0.29, 0.717) is 18.5 Å². The summed E-state index contributed by atoms with van der Waals surface area (Å²) in [4.78, 5) is 22.7. The Morgan fingerprint density at radius 1 is 1.07 bits per heavy atom. The zero-order chi connectivity index (χ0) is 20.1. The summed E-state index contributed by atoms with van der Waals surface area (Å²) >= 11 is 3.59. The standard InChI is InChI=1S/C20H22BrN9/c21-14-11-23-30-18(14)26-20(29-10-9-28-7-5-13(29)6-8-28)27-19(30)22-12-17-24-15-3-1-2-4-16(15)25-17/h1-4,11,13H,5-10,12H2,(H,24,25)(H,22,26,27). The normalized spacial score (nSPS) is 21.4. The van der Waals surface area contributed by atoms with Gasteiger partial charge < -0.3 is 20.1 Å². The van der Waals surface area contributed by atoms with Crippen LogP contribution in [0.2, 0.25) is 0 Å². The number of hydrogen-bond acceptors (Lipinski definition) is 7. The molecule has 0 amide bonds. The maximum atomic E-state index is 4.89. The monoisotopic (exact) mass is 467 g/mol. The number of piperidine rings is 1. The lowest BCUT2D eigenvalue weighted by Crippen LogP contribution is -2.39. The van der Waals surface area contributed by atoms with Crippen LogP contribution < -0.4 is 10.2 Å². The van der Waals surface area contributed by atoms with Crippen molar-refractivity contribution in [1.82, 2.24) is 34.4 Å². The molecule has 0 radical (unpaired) electrons. The third-order valence-electron chi connectivity index (χ3n) is 6.08. The van der Waals surface area contributed by atoms with Crippen LogP contribution in [0.5, 0.6) is 0 Å². The lowest BCUT2D eigenvalue weighted by molar-refractivity contribution is 0.250. The predicted molar refractivity (Wildman–Crippen MR) is 119 cm³/mol. The summed E-state index contributed by atoms with van der Waals surface area (Å²) in [5.74, 6) is 2.29. The Hall–Kier alpha value is -2.72. The highest BCUT2D eigenvalue weighted by Crippen LogP contribution is 2.27. The van der Waals surface area contributed by atoms with Crippen molar-refractivity contribution in [3.05, 3.63) is 40.8 Å². The fourth-order valence-electron chi connectivity index (χ4n) is 4.48. The largest absolute Gasteiger partial charge is 0.347 e. The molecule has 2 N–H and O–H groups in total. The van der Waals surface area contributed by atoms with Crippen LogP contribution in [0.25, 0.3) is 16.7 Å². The van der Waals surface area contributed by atoms with Crippen molar-refractivity contribution in [2.75, 3.05) is 36.4 Å². The Morgan fingerprint density at radius 2 is 1.93 bits per heavy atom. The maximum absolute atomic E-state index is 4.89. The molecule has 7 rings (SSSR count). The SMILES string of the molecule is Brc1cnn2c(NCc3nc4ccccc4[nH]3)nc(N3CCN4CCC3CC4)nc12. The van der Waals surface area contributed by atoms with E-state index in [4.69, 9.17) is 9.97 Å². The molecule has 0 saturated carbocycles. The van der Waals surface area contributed by atoms with Gasteiger partial charge in [0.05, 0.1) is 28.2 Å². The molecule has 3 aromatic heterocycles. The second-order valence-electron chi connectivity index (χ2n) is 7.90. The highest BCUT2D eigenvalue weighted by atomic mass is 79.9. The van der Waals surface area contributed by atoms with E-state index < -0.39 is 0 Å². The minimum Gasteiger partial charge on any atom is -0.347 e. The molecule has 6 heterocycles. The summed E-state index contributed by atoms with van der Waals surface area (Å²) in [6.45, 7) is 4.87. The van der Waals surface area contributed by atoms with Gasteiger partial charge >= 0.3 is 0 Å². The molecule has 2 bridgehead atoms. The molecule has 0 spiro atoms. The van der Waals surface area contributed by atoms with Crippen LogP contribution >= 0.6 is 15.9 Å². The van der Waals surface area contributed by atoms with Gasteiger partial charge in [0, 0.05) is 32.2 Å². The van der Waals surface area contributed by atoms with Crippen LogP contribution in [0.4, 0.5) is 11.9 Å². The second kappa shape index (κ2) is 7.21. The van der Waals surface area contributed by atoms with Gasteiger partial charge in [-0.05, 0) is 40.9 Å². The van der Waals surface area contributed by atoms with Gasteiger partial charge in [-0.15, -0.1) is 0 Å². The Labute approximate surface area is 181 Å². The summed E-state index contributed by atoms with van der Waals surface area (Å²) in [6, 6.07) is 8.53. The van der Waals surface area contributed by atoms with Crippen molar-refractivity contribution in [2.24, 2.45) is 0 Å². The van der Waals surface area contributed by atoms with Crippen LogP contribution in [0.3, 0.4) is 0 Å². The number of halogens is 1. The third-order valence-corrected chi connectivity index (χ3v) is 6.64. The maximum Gasteiger partial charge on any atom is 0.231 e. The van der Waals surface area contributed by atoms with Gasteiger partial charge in [-0.3, -0.25) is 0 Å². The number of aromatic nitrogens is 6. The van der Waals surface area contributed by atoms with Crippen molar-refractivity contribution in [3.63, 3.8) is 0 Å². The van der Waals surface area contributed by atoms with Crippen molar-refractivity contribution >= 4 is 44.5 Å². The molecule has 1 aromatic carbocycles. The number of H-pyrrole nitrogens is 1. The van der Waals surface area contributed by atoms with E-state index in [1.165, 1.54) is 0 Å². The lowest BCUT2D eigenvalue weighted by atomic mass is 10.1. The number of hydrogen-bond donors (Lipinski definition) is 2. The second-order valence-corrected chi connectivity index (χ2v) is 8.75. The summed E-state index contributed by atoms with van der Waals surface area (Å²) in [5.41, 5.74) is 2.76. The number of nitrogens with zero attached hydrogens (tertiary/aromatic N) is 7. The Bertz CT molecular complexity index is 1170. The summed E-state index contributed by atoms with van der Waals surface area (Å²) in [5, 5.41) is 7.86. The van der Waals surface area contributed by atoms with Crippen LogP contribution in [0.1, 0.15) is 18.7 Å². The highest BCUT2D eigenvalue weighted by Gasteiger charge is 2.31. The van der Waals surface area contributed by atoms with E-state index in [0.717, 1.165) is 71.9 Å². The van der Waals surface area contributed by atoms with E-state index in [9.17, 15) is 0 Å². The number of anilines is 2. The first-order valence-corrected chi connectivity index (χ1v) is 11.1. The molecular formula is C20H22BrN9. The van der Waals surface area contributed by atoms with Gasteiger partial charge in [-0.2, -0.15) is 19.6 Å². The van der Waals surface area contributed by atoms with Crippen LogP contribution in [0, 0.1) is 0 Å². The molecule has 9 nitrogen and oxygen atoms in total. The molecule has 4 aromatic rings. The van der Waals surface area contributed by atoms with Crippen molar-refractivity contribution in [3.8, 4) is 0 Å². The number of para-hydroxylation sites is 2. The molecule has 3 fully saturated rings. The average molecular weight is 468 g/mol. The summed E-state index contributed by atoms with van der Waals surface area (Å²) in [6.07, 6.45) is 4.09. The van der Waals surface area contributed by atoms with Crippen molar-refractivity contribution in [2.45, 2.75) is 25.4 Å². The fourth-order valence-corrected chi connectivity index (χ4v) is 4.83. The molecule has 10 heteroatoms. The molecule has 3 saturated heterocycles. The van der Waals surface area contributed by atoms with E-state index in [-0.39, 0.29) is 0 Å². The molecule has 0 aliphatic carbocycles. The molecule has 0 unspecified atom stereocenters. The van der Waals surface area contributed by atoms with E-state index in [2.05, 4.69) is 46.1 Å². The number of nitrogens with one attached hydrogen (secondary N) is 2. The highest BCUT2D eigenvalue weighted by molar-refractivity contribution is 9.10. The molecule has 3 aliphatic heterocycles. The molecule has 3 aliphatic rings. The Balaban J connectivity index is 1.34. The van der Waals surface area contributed by atoms with Gasteiger partial charge in [0.15, 0.2) is 5.65 Å². The summed E-state index contributed by atoms with van der Waals surface area (Å²) in [7, 11) is 0. The van der Waals surface area contributed by atoms with Gasteiger partial charge in [0.25, 0.3) is 0 Å². The smallest absolute Gasteiger partial charge is 0.231 e. The number of benzene rings is 1. The Morgan fingerprint density at radius 3 is 2.80 bits per heavy atom. The zero-order valence-corrected chi connectivity index (χ0v) is 18.0. The molecular weight excluding hydrogens is 446 g/mol. The number of rotatable bonds is 4. The van der Waals surface area contributed by atoms with Crippen LogP contribution in [-0.2, 0) is 6.54 Å². The van der Waals surface area contributed by atoms with Crippen LogP contribution in [0.15, 0.2) is 34.9 Å². The van der Waals surface area contributed by atoms with Gasteiger partial charge in [-0.25, -0.2) is 4.98 Å². The van der Waals surface area contributed by atoms with E-state index in [1.807, 2.05) is 24.3 Å². The lowest BCUT2D eigenvalue weighted by Gasteiger charge is -2.31. The molecule has 30 heavy (non-hydrogen) atoms.